The molecule has 2 rings (SSSR count). The lowest BCUT2D eigenvalue weighted by molar-refractivity contribution is -0.0369. The number of hydrogen-bond acceptors (Lipinski definition) is 3. The van der Waals surface area contributed by atoms with Gasteiger partial charge in [0.1, 0.15) is 5.82 Å². The van der Waals surface area contributed by atoms with Crippen LogP contribution in [0.5, 0.6) is 0 Å². The van der Waals surface area contributed by atoms with Crippen molar-refractivity contribution in [2.75, 3.05) is 7.11 Å². The summed E-state index contributed by atoms with van der Waals surface area (Å²) in [4.78, 5) is 10.9. The van der Waals surface area contributed by atoms with Gasteiger partial charge in [-0.2, -0.15) is 0 Å². The van der Waals surface area contributed by atoms with E-state index in [1.807, 2.05) is 0 Å². The van der Waals surface area contributed by atoms with Crippen LogP contribution in [0.25, 0.3) is 0 Å². The van der Waals surface area contributed by atoms with Crippen LogP contribution >= 0.6 is 0 Å². The van der Waals surface area contributed by atoms with Crippen LogP contribution in [-0.4, -0.2) is 30.4 Å². The van der Waals surface area contributed by atoms with Crippen LogP contribution in [0, 0.1) is 5.82 Å². The molecule has 1 aliphatic rings. The maximum absolute atomic E-state index is 13.9. The smallest absolute Gasteiger partial charge is 0.338 e. The summed E-state index contributed by atoms with van der Waals surface area (Å²) >= 11 is 0. The maximum atomic E-state index is 13.9. The molecule has 0 aliphatic heterocycles. The van der Waals surface area contributed by atoms with E-state index >= 15 is 0 Å². The molecule has 2 unspecified atom stereocenters. The summed E-state index contributed by atoms with van der Waals surface area (Å²) in [6.45, 7) is 0.0913. The molecule has 0 radical (unpaired) electrons. The third kappa shape index (κ3) is 3.55. The monoisotopic (exact) mass is 282 g/mol. The number of carboxylic acid groups (broad SMARTS) is 1. The minimum Gasteiger partial charge on any atom is -0.478 e. The second-order valence-corrected chi connectivity index (χ2v) is 5.04. The second kappa shape index (κ2) is 6.81. The molecule has 0 saturated heterocycles. The van der Waals surface area contributed by atoms with Crippen LogP contribution in [0.1, 0.15) is 41.6 Å². The second-order valence-electron chi connectivity index (χ2n) is 5.04. The van der Waals surface area contributed by atoms with Crippen LogP contribution in [0.2, 0.25) is 0 Å². The molecule has 4 nitrogen and oxygen atoms in total. The summed E-state index contributed by atoms with van der Waals surface area (Å²) in [5.74, 6) is -1.97. The van der Waals surface area contributed by atoms with E-state index in [9.17, 15) is 9.18 Å². The van der Waals surface area contributed by atoms with Gasteiger partial charge >= 0.3 is 5.97 Å². The molecule has 5 heteroatoms. The van der Waals surface area contributed by atoms with Gasteiger partial charge in [-0.3, -0.25) is 0 Å². The fourth-order valence-corrected chi connectivity index (χ4v) is 2.53. The summed E-state index contributed by atoms with van der Waals surface area (Å²) in [7, 11) is 1.68. The first kappa shape index (κ1) is 14.9. The first-order chi connectivity index (χ1) is 9.61. The quantitative estimate of drug-likeness (QED) is 0.902. The molecule has 110 valence electrons. The Hall–Kier alpha value is -1.46. The Kier molecular flexibility index (Phi) is 5.09. The number of rotatable bonds is 5. The van der Waals surface area contributed by atoms with Gasteiger partial charge in [0.25, 0.3) is 0 Å². The van der Waals surface area contributed by atoms with E-state index in [-0.39, 0.29) is 29.9 Å². The Labute approximate surface area is 117 Å². The van der Waals surface area contributed by atoms with Crippen LogP contribution < -0.4 is 0 Å². The van der Waals surface area contributed by atoms with Gasteiger partial charge in [-0.1, -0.05) is 12.1 Å². The largest absolute Gasteiger partial charge is 0.478 e. The van der Waals surface area contributed by atoms with E-state index in [4.69, 9.17) is 14.6 Å². The van der Waals surface area contributed by atoms with Crippen molar-refractivity contribution in [2.24, 2.45) is 0 Å². The number of methoxy groups -OCH3 is 1. The van der Waals surface area contributed by atoms with Gasteiger partial charge in [-0.25, -0.2) is 9.18 Å². The standard InChI is InChI=1S/C15H19FO4/c1-19-11-5-3-6-12(8-11)20-9-10-4-2-7-13(14(10)16)15(17)18/h2,4,7,11-12H,3,5-6,8-9H2,1H3,(H,17,18). The highest BCUT2D eigenvalue weighted by Gasteiger charge is 2.23. The van der Waals surface area contributed by atoms with Gasteiger partial charge in [0.05, 0.1) is 24.4 Å². The number of halogens is 1. The number of benzene rings is 1. The zero-order valence-electron chi connectivity index (χ0n) is 11.5. The topological polar surface area (TPSA) is 55.8 Å². The highest BCUT2D eigenvalue weighted by Crippen LogP contribution is 2.24. The molecule has 1 fully saturated rings. The van der Waals surface area contributed by atoms with Gasteiger partial charge in [0.15, 0.2) is 0 Å². The zero-order valence-corrected chi connectivity index (χ0v) is 11.5. The Morgan fingerprint density at radius 1 is 1.40 bits per heavy atom. The van der Waals surface area contributed by atoms with E-state index in [1.54, 1.807) is 13.2 Å². The van der Waals surface area contributed by atoms with Crippen molar-refractivity contribution >= 4 is 5.97 Å². The highest BCUT2D eigenvalue weighted by atomic mass is 19.1. The average molecular weight is 282 g/mol. The minimum absolute atomic E-state index is 0.0431. The molecule has 1 N–H and O–H groups in total. The number of carbonyl (C=O) groups is 1. The Morgan fingerprint density at radius 2 is 2.15 bits per heavy atom. The molecule has 0 aromatic heterocycles. The van der Waals surface area contributed by atoms with Crippen molar-refractivity contribution in [3.05, 3.63) is 35.1 Å². The van der Waals surface area contributed by atoms with Gasteiger partial charge in [0, 0.05) is 12.7 Å². The fourth-order valence-electron chi connectivity index (χ4n) is 2.53. The molecule has 1 aliphatic carbocycles. The van der Waals surface area contributed by atoms with Crippen molar-refractivity contribution < 1.29 is 23.8 Å². The Morgan fingerprint density at radius 3 is 2.85 bits per heavy atom. The van der Waals surface area contributed by atoms with Crippen LogP contribution in [0.3, 0.4) is 0 Å². The molecule has 1 aromatic carbocycles. The number of ether oxygens (including phenoxy) is 2. The van der Waals surface area contributed by atoms with Crippen molar-refractivity contribution in [3.8, 4) is 0 Å². The van der Waals surface area contributed by atoms with E-state index in [1.165, 1.54) is 12.1 Å². The lowest BCUT2D eigenvalue weighted by atomic mass is 9.95. The Balaban J connectivity index is 1.97. The van der Waals surface area contributed by atoms with Crippen molar-refractivity contribution in [1.82, 2.24) is 0 Å². The van der Waals surface area contributed by atoms with Crippen LogP contribution in [0.4, 0.5) is 4.39 Å². The summed E-state index contributed by atoms with van der Waals surface area (Å²) < 4.78 is 25.0. The molecular weight excluding hydrogens is 263 g/mol. The molecule has 1 saturated carbocycles. The summed E-state index contributed by atoms with van der Waals surface area (Å²) in [6, 6.07) is 4.34. The van der Waals surface area contributed by atoms with Crippen LogP contribution in [-0.2, 0) is 16.1 Å². The average Bonchev–Trinajstić information content (AvgIpc) is 2.46. The highest BCUT2D eigenvalue weighted by molar-refractivity contribution is 5.88. The normalized spacial score (nSPS) is 22.7. The van der Waals surface area contributed by atoms with E-state index in [0.29, 0.717) is 0 Å². The summed E-state index contributed by atoms with van der Waals surface area (Å²) in [5.41, 5.74) is -0.0334. The lowest BCUT2D eigenvalue weighted by Crippen LogP contribution is -2.27. The lowest BCUT2D eigenvalue weighted by Gasteiger charge is -2.28. The fraction of sp³-hybridized carbons (Fsp3) is 0.533. The number of carboxylic acids is 1. The maximum Gasteiger partial charge on any atom is 0.338 e. The Bertz CT molecular complexity index is 475. The molecule has 1 aromatic rings. The summed E-state index contributed by atoms with van der Waals surface area (Å²) in [6.07, 6.45) is 4.03. The minimum atomic E-state index is -1.26. The zero-order chi connectivity index (χ0) is 14.5. The number of hydrogen-bond donors (Lipinski definition) is 1. The number of aromatic carboxylic acids is 1. The first-order valence-corrected chi connectivity index (χ1v) is 6.77. The predicted octanol–water partition coefficient (Wildman–Crippen LogP) is 3.00. The molecule has 0 amide bonds. The molecule has 0 spiro atoms. The molecular formula is C15H19FO4. The molecule has 0 heterocycles. The first-order valence-electron chi connectivity index (χ1n) is 6.77. The summed E-state index contributed by atoms with van der Waals surface area (Å²) in [5, 5.41) is 8.88. The van der Waals surface area contributed by atoms with Gasteiger partial charge in [-0.15, -0.1) is 0 Å². The van der Waals surface area contributed by atoms with E-state index in [0.717, 1.165) is 25.7 Å². The molecule has 0 bridgehead atoms. The third-order valence-corrected chi connectivity index (χ3v) is 3.69. The predicted molar refractivity (Wildman–Crippen MR) is 71.2 cm³/mol. The third-order valence-electron chi connectivity index (χ3n) is 3.69. The SMILES string of the molecule is COC1CCCC(OCc2cccc(C(=O)O)c2F)C1. The van der Waals surface area contributed by atoms with E-state index < -0.39 is 11.8 Å². The van der Waals surface area contributed by atoms with Gasteiger partial charge in [0.2, 0.25) is 0 Å². The van der Waals surface area contributed by atoms with Crippen molar-refractivity contribution in [1.29, 1.82) is 0 Å². The van der Waals surface area contributed by atoms with Crippen molar-refractivity contribution in [3.63, 3.8) is 0 Å². The molecule has 2 atom stereocenters. The van der Waals surface area contributed by atoms with Gasteiger partial charge in [-0.05, 0) is 31.7 Å². The van der Waals surface area contributed by atoms with Gasteiger partial charge < -0.3 is 14.6 Å². The van der Waals surface area contributed by atoms with E-state index in [2.05, 4.69) is 0 Å². The molecule has 20 heavy (non-hydrogen) atoms. The van der Waals surface area contributed by atoms with Crippen LogP contribution in [0.15, 0.2) is 18.2 Å². The van der Waals surface area contributed by atoms with Crippen molar-refractivity contribution in [2.45, 2.75) is 44.5 Å².